The predicted octanol–water partition coefficient (Wildman–Crippen LogP) is 2.72. The predicted molar refractivity (Wildman–Crippen MR) is 76.0 cm³/mol. The molecular formula is C14H14N2O3S. The average molecular weight is 290 g/mol. The second-order valence-corrected chi connectivity index (χ2v) is 5.17. The minimum absolute atomic E-state index is 0.0401. The molecule has 6 heteroatoms. The summed E-state index contributed by atoms with van der Waals surface area (Å²) < 4.78 is 0. The van der Waals surface area contributed by atoms with Crippen molar-refractivity contribution in [1.82, 2.24) is 10.3 Å². The number of rotatable bonds is 5. The van der Waals surface area contributed by atoms with Crippen LogP contribution >= 0.6 is 11.3 Å². The zero-order valence-corrected chi connectivity index (χ0v) is 11.7. The lowest BCUT2D eigenvalue weighted by Crippen LogP contribution is -2.27. The molecule has 0 fully saturated rings. The van der Waals surface area contributed by atoms with Gasteiger partial charge in [-0.15, -0.1) is 11.3 Å². The molecule has 0 saturated heterocycles. The van der Waals surface area contributed by atoms with Gasteiger partial charge >= 0.3 is 5.97 Å². The molecule has 0 bridgehead atoms. The largest absolute Gasteiger partial charge is 0.477 e. The fourth-order valence-electron chi connectivity index (χ4n) is 1.76. The molecule has 0 aliphatic carbocycles. The molecule has 0 aromatic carbocycles. The van der Waals surface area contributed by atoms with E-state index in [4.69, 9.17) is 5.11 Å². The number of thiophene rings is 1. The highest BCUT2D eigenvalue weighted by Crippen LogP contribution is 2.22. The van der Waals surface area contributed by atoms with Crippen molar-refractivity contribution in [3.63, 3.8) is 0 Å². The van der Waals surface area contributed by atoms with Crippen LogP contribution < -0.4 is 5.32 Å². The van der Waals surface area contributed by atoms with Gasteiger partial charge in [0.25, 0.3) is 5.91 Å². The first-order chi connectivity index (χ1) is 9.61. The third kappa shape index (κ3) is 3.21. The maximum atomic E-state index is 12.1. The van der Waals surface area contributed by atoms with Gasteiger partial charge < -0.3 is 10.4 Å². The first kappa shape index (κ1) is 14.2. The van der Waals surface area contributed by atoms with E-state index in [1.54, 1.807) is 11.3 Å². The van der Waals surface area contributed by atoms with Crippen LogP contribution in [0.5, 0.6) is 0 Å². The fraction of sp³-hybridized carbons (Fsp3) is 0.214. The molecule has 2 heterocycles. The van der Waals surface area contributed by atoms with Crippen molar-refractivity contribution < 1.29 is 14.7 Å². The van der Waals surface area contributed by atoms with Crippen LogP contribution in [0.1, 0.15) is 45.1 Å². The molecule has 0 radical (unpaired) electrons. The lowest BCUT2D eigenvalue weighted by atomic mass is 10.1. The number of hydrogen-bond acceptors (Lipinski definition) is 4. The molecule has 2 aromatic rings. The molecule has 0 aliphatic heterocycles. The van der Waals surface area contributed by atoms with E-state index >= 15 is 0 Å². The van der Waals surface area contributed by atoms with E-state index in [9.17, 15) is 9.59 Å². The Labute approximate surface area is 120 Å². The summed E-state index contributed by atoms with van der Waals surface area (Å²) in [4.78, 5) is 27.6. The van der Waals surface area contributed by atoms with Gasteiger partial charge in [0.2, 0.25) is 0 Å². The molecular weight excluding hydrogens is 276 g/mol. The number of nitrogens with zero attached hydrogens (tertiary/aromatic N) is 1. The number of carboxylic acid groups (broad SMARTS) is 1. The molecule has 0 aliphatic rings. The molecule has 0 saturated carbocycles. The third-order valence-corrected chi connectivity index (χ3v) is 3.83. The van der Waals surface area contributed by atoms with Crippen molar-refractivity contribution in [2.24, 2.45) is 0 Å². The molecule has 2 rings (SSSR count). The molecule has 0 unspecified atom stereocenters. The summed E-state index contributed by atoms with van der Waals surface area (Å²) in [6.45, 7) is 2.00. The highest BCUT2D eigenvalue weighted by Gasteiger charge is 2.15. The molecule has 20 heavy (non-hydrogen) atoms. The van der Waals surface area contributed by atoms with E-state index < -0.39 is 5.97 Å². The average Bonchev–Trinajstić information content (AvgIpc) is 2.98. The Kier molecular flexibility index (Phi) is 4.47. The van der Waals surface area contributed by atoms with Gasteiger partial charge in [-0.05, 0) is 30.0 Å². The highest BCUT2D eigenvalue weighted by molar-refractivity contribution is 7.10. The van der Waals surface area contributed by atoms with Crippen LogP contribution in [0, 0.1) is 0 Å². The standard InChI is InChI=1S/C14H14N2O3S/c1-2-10(12-4-3-7-20-12)16-13(17)9-5-6-11(14(18)19)15-8-9/h3-8,10H,2H2,1H3,(H,16,17)(H,18,19)/t10-/m0/s1. The SMILES string of the molecule is CC[C@H](NC(=O)c1ccc(C(=O)O)nc1)c1cccs1. The summed E-state index contributed by atoms with van der Waals surface area (Å²) in [5, 5.41) is 13.6. The maximum Gasteiger partial charge on any atom is 0.354 e. The Balaban J connectivity index is 2.09. The van der Waals surface area contributed by atoms with Crippen LogP contribution in [-0.4, -0.2) is 22.0 Å². The summed E-state index contributed by atoms with van der Waals surface area (Å²) >= 11 is 1.59. The summed E-state index contributed by atoms with van der Waals surface area (Å²) in [7, 11) is 0. The number of aromatic nitrogens is 1. The van der Waals surface area contributed by atoms with E-state index in [0.717, 1.165) is 11.3 Å². The summed E-state index contributed by atoms with van der Waals surface area (Å²) in [5.41, 5.74) is 0.275. The lowest BCUT2D eigenvalue weighted by Gasteiger charge is -2.15. The first-order valence-electron chi connectivity index (χ1n) is 6.15. The second kappa shape index (κ2) is 6.29. The van der Waals surface area contributed by atoms with Gasteiger partial charge in [0, 0.05) is 11.1 Å². The van der Waals surface area contributed by atoms with Gasteiger partial charge in [0.1, 0.15) is 5.69 Å². The topological polar surface area (TPSA) is 79.3 Å². The monoisotopic (exact) mass is 290 g/mol. The Bertz CT molecular complexity index is 593. The van der Waals surface area contributed by atoms with Crippen LogP contribution in [0.3, 0.4) is 0 Å². The van der Waals surface area contributed by atoms with Gasteiger partial charge in [-0.3, -0.25) is 4.79 Å². The van der Waals surface area contributed by atoms with Crippen molar-refractivity contribution in [3.05, 3.63) is 52.0 Å². The highest BCUT2D eigenvalue weighted by atomic mass is 32.1. The van der Waals surface area contributed by atoms with E-state index in [1.165, 1.54) is 18.3 Å². The van der Waals surface area contributed by atoms with Crippen LogP contribution in [0.25, 0.3) is 0 Å². The molecule has 0 spiro atoms. The number of aromatic carboxylic acids is 1. The maximum absolute atomic E-state index is 12.1. The zero-order chi connectivity index (χ0) is 14.5. The molecule has 104 valence electrons. The van der Waals surface area contributed by atoms with Crippen molar-refractivity contribution in [1.29, 1.82) is 0 Å². The van der Waals surface area contributed by atoms with Crippen molar-refractivity contribution >= 4 is 23.2 Å². The van der Waals surface area contributed by atoms with Gasteiger partial charge in [0.15, 0.2) is 0 Å². The molecule has 2 aromatic heterocycles. The zero-order valence-electron chi connectivity index (χ0n) is 10.9. The lowest BCUT2D eigenvalue weighted by molar-refractivity contribution is 0.0689. The number of nitrogens with one attached hydrogen (secondary N) is 1. The number of carbonyl (C=O) groups excluding carboxylic acids is 1. The Morgan fingerprint density at radius 3 is 2.70 bits per heavy atom. The summed E-state index contributed by atoms with van der Waals surface area (Å²) in [6.07, 6.45) is 2.06. The Morgan fingerprint density at radius 1 is 1.40 bits per heavy atom. The number of amides is 1. The van der Waals surface area contributed by atoms with Crippen LogP contribution in [0.2, 0.25) is 0 Å². The van der Waals surface area contributed by atoms with E-state index in [1.807, 2.05) is 24.4 Å². The van der Waals surface area contributed by atoms with Crippen LogP contribution in [0.4, 0.5) is 0 Å². The molecule has 1 atom stereocenters. The minimum Gasteiger partial charge on any atom is -0.477 e. The molecule has 1 amide bonds. The fourth-order valence-corrected chi connectivity index (χ4v) is 2.62. The van der Waals surface area contributed by atoms with E-state index in [2.05, 4.69) is 10.3 Å². The van der Waals surface area contributed by atoms with E-state index in [0.29, 0.717) is 5.56 Å². The van der Waals surface area contributed by atoms with Crippen LogP contribution in [0.15, 0.2) is 35.8 Å². The number of hydrogen-bond donors (Lipinski definition) is 2. The molecule has 2 N–H and O–H groups in total. The third-order valence-electron chi connectivity index (χ3n) is 2.84. The quantitative estimate of drug-likeness (QED) is 0.887. The number of pyridine rings is 1. The van der Waals surface area contributed by atoms with Gasteiger partial charge in [0.05, 0.1) is 11.6 Å². The number of carboxylic acids is 1. The molecule has 5 nitrogen and oxygen atoms in total. The Hall–Kier alpha value is -2.21. The smallest absolute Gasteiger partial charge is 0.354 e. The van der Waals surface area contributed by atoms with Gasteiger partial charge in [-0.25, -0.2) is 9.78 Å². The van der Waals surface area contributed by atoms with Crippen molar-refractivity contribution in [3.8, 4) is 0 Å². The van der Waals surface area contributed by atoms with Crippen LogP contribution in [-0.2, 0) is 0 Å². The van der Waals surface area contributed by atoms with Crippen molar-refractivity contribution in [2.75, 3.05) is 0 Å². The number of carbonyl (C=O) groups is 2. The van der Waals surface area contributed by atoms with Gasteiger partial charge in [-0.2, -0.15) is 0 Å². The van der Waals surface area contributed by atoms with Gasteiger partial charge in [-0.1, -0.05) is 13.0 Å². The normalized spacial score (nSPS) is 11.8. The first-order valence-corrected chi connectivity index (χ1v) is 7.03. The summed E-state index contributed by atoms with van der Waals surface area (Å²) in [5.74, 6) is -1.36. The van der Waals surface area contributed by atoms with E-state index in [-0.39, 0.29) is 17.6 Å². The second-order valence-electron chi connectivity index (χ2n) is 4.19. The van der Waals surface area contributed by atoms with Crippen molar-refractivity contribution in [2.45, 2.75) is 19.4 Å². The summed E-state index contributed by atoms with van der Waals surface area (Å²) in [6, 6.07) is 6.67. The minimum atomic E-state index is -1.11. The Morgan fingerprint density at radius 2 is 2.20 bits per heavy atom.